The van der Waals surface area contributed by atoms with Crippen molar-refractivity contribution in [3.8, 4) is 0 Å². The second-order valence-corrected chi connectivity index (χ2v) is 8.39. The number of thioether (sulfide) groups is 1. The van der Waals surface area contributed by atoms with Gasteiger partial charge in [0.2, 0.25) is 12.0 Å². The molecular weight excluding hydrogens is 358 g/mol. The molecule has 2 heterocycles. The van der Waals surface area contributed by atoms with E-state index in [1.807, 2.05) is 0 Å². The van der Waals surface area contributed by atoms with Crippen molar-refractivity contribution in [2.75, 3.05) is 0 Å². The van der Waals surface area contributed by atoms with Gasteiger partial charge in [-0.25, -0.2) is 9.59 Å². The van der Waals surface area contributed by atoms with Crippen LogP contribution in [0.15, 0.2) is 35.3 Å². The Hall–Kier alpha value is -2.64. The number of amides is 2. The Bertz CT molecular complexity index is 806. The number of rotatable bonds is 5. The number of aliphatic imine (C=N–C) groups is 1. The predicted molar refractivity (Wildman–Crippen MR) is 93.0 cm³/mol. The standard InChI is InChI=1S/C17H17N3O5S/c1-17(2)12(16(24)25)20-14(23)11(15(20)26-17)19-13(22)10(18-8-21)9-6-4-3-5-7-9/h3-7,10-12,15H,1-2H3,(H,19,22)(H,24,25)/t10?,11?,12-,15+/m0/s1. The highest BCUT2D eigenvalue weighted by molar-refractivity contribution is 8.01. The van der Waals surface area contributed by atoms with Gasteiger partial charge in [0.1, 0.15) is 17.5 Å². The lowest BCUT2D eigenvalue weighted by Gasteiger charge is -2.43. The molecule has 1 aromatic rings. The normalized spacial score (nSPS) is 26.9. The van der Waals surface area contributed by atoms with Crippen LogP contribution in [0.25, 0.3) is 0 Å². The van der Waals surface area contributed by atoms with Gasteiger partial charge in [0.25, 0.3) is 5.91 Å². The quantitative estimate of drug-likeness (QED) is 0.444. The minimum absolute atomic E-state index is 0.448. The summed E-state index contributed by atoms with van der Waals surface area (Å²) in [6.45, 7) is 3.51. The SMILES string of the molecule is CC1(C)S[C@@H]2C(NC(=O)C(N=C=O)c3ccccc3)C(=O)N2[C@H]1C(=O)O. The highest BCUT2D eigenvalue weighted by atomic mass is 32.2. The summed E-state index contributed by atoms with van der Waals surface area (Å²) in [5.41, 5.74) is 0.500. The molecule has 1 aromatic carbocycles. The van der Waals surface area contributed by atoms with Gasteiger partial charge in [-0.15, -0.1) is 11.8 Å². The molecule has 26 heavy (non-hydrogen) atoms. The van der Waals surface area contributed by atoms with Gasteiger partial charge in [-0.2, -0.15) is 4.99 Å². The molecule has 2 N–H and O–H groups in total. The third kappa shape index (κ3) is 2.89. The van der Waals surface area contributed by atoms with Crippen molar-refractivity contribution >= 4 is 35.6 Å². The van der Waals surface area contributed by atoms with E-state index in [9.17, 15) is 24.3 Å². The number of benzene rings is 1. The molecule has 9 heteroatoms. The predicted octanol–water partition coefficient (Wildman–Crippen LogP) is 0.695. The molecule has 0 bridgehead atoms. The van der Waals surface area contributed by atoms with E-state index in [2.05, 4.69) is 10.3 Å². The molecule has 136 valence electrons. The molecule has 0 radical (unpaired) electrons. The number of β-lactam (4-membered cyclic amide) rings is 1. The van der Waals surface area contributed by atoms with Crippen molar-refractivity contribution in [1.82, 2.24) is 10.2 Å². The molecule has 3 rings (SSSR count). The van der Waals surface area contributed by atoms with E-state index in [-0.39, 0.29) is 0 Å². The van der Waals surface area contributed by atoms with Crippen molar-refractivity contribution in [2.45, 2.75) is 42.1 Å². The average Bonchev–Trinajstić information content (AvgIpc) is 2.86. The number of hydrogen-bond acceptors (Lipinski definition) is 6. The molecule has 2 unspecified atom stereocenters. The van der Waals surface area contributed by atoms with Crippen LogP contribution in [0, 0.1) is 0 Å². The summed E-state index contributed by atoms with van der Waals surface area (Å²) in [6, 6.07) is 5.57. The zero-order valence-electron chi connectivity index (χ0n) is 14.1. The maximum Gasteiger partial charge on any atom is 0.327 e. The van der Waals surface area contributed by atoms with Crippen LogP contribution >= 0.6 is 11.8 Å². The summed E-state index contributed by atoms with van der Waals surface area (Å²) in [4.78, 5) is 52.0. The molecule has 0 saturated carbocycles. The van der Waals surface area contributed by atoms with Crippen molar-refractivity contribution in [3.63, 3.8) is 0 Å². The lowest BCUT2D eigenvalue weighted by Crippen LogP contribution is -2.70. The summed E-state index contributed by atoms with van der Waals surface area (Å²) >= 11 is 1.33. The molecule has 2 amide bonds. The number of isocyanates is 1. The Labute approximate surface area is 153 Å². The number of aliphatic carboxylic acids is 1. The summed E-state index contributed by atoms with van der Waals surface area (Å²) in [5.74, 6) is -2.12. The number of nitrogens with one attached hydrogen (secondary N) is 1. The summed E-state index contributed by atoms with van der Waals surface area (Å²) < 4.78 is -0.675. The van der Waals surface area contributed by atoms with Crippen molar-refractivity contribution in [3.05, 3.63) is 35.9 Å². The number of fused-ring (bicyclic) bond motifs is 1. The van der Waals surface area contributed by atoms with E-state index < -0.39 is 46.0 Å². The van der Waals surface area contributed by atoms with Crippen LogP contribution in [0.2, 0.25) is 0 Å². The van der Waals surface area contributed by atoms with Crippen molar-refractivity contribution in [2.24, 2.45) is 4.99 Å². The third-order valence-electron chi connectivity index (χ3n) is 4.52. The van der Waals surface area contributed by atoms with Gasteiger partial charge in [-0.05, 0) is 19.4 Å². The maximum atomic E-state index is 12.6. The van der Waals surface area contributed by atoms with Gasteiger partial charge in [0.15, 0.2) is 6.04 Å². The van der Waals surface area contributed by atoms with E-state index in [1.165, 1.54) is 22.7 Å². The number of carbonyl (C=O) groups is 3. The van der Waals surface area contributed by atoms with E-state index in [1.54, 1.807) is 44.2 Å². The summed E-state index contributed by atoms with van der Waals surface area (Å²) in [5, 5.41) is 11.6. The molecule has 2 fully saturated rings. The van der Waals surface area contributed by atoms with Crippen LogP contribution in [0.4, 0.5) is 0 Å². The fraction of sp³-hybridized carbons (Fsp3) is 0.412. The first-order valence-corrected chi connectivity index (χ1v) is 8.81. The number of carboxylic acid groups (broad SMARTS) is 1. The first kappa shape index (κ1) is 18.2. The molecule has 2 aliphatic heterocycles. The minimum Gasteiger partial charge on any atom is -0.480 e. The molecule has 8 nitrogen and oxygen atoms in total. The summed E-state index contributed by atoms with van der Waals surface area (Å²) in [6.07, 6.45) is 1.38. The van der Waals surface area contributed by atoms with Crippen LogP contribution in [0.5, 0.6) is 0 Å². The van der Waals surface area contributed by atoms with Crippen LogP contribution in [0.1, 0.15) is 25.5 Å². The van der Waals surface area contributed by atoms with Crippen LogP contribution in [-0.2, 0) is 19.2 Å². The van der Waals surface area contributed by atoms with E-state index in [0.29, 0.717) is 5.56 Å². The second-order valence-electron chi connectivity index (χ2n) is 6.62. The van der Waals surface area contributed by atoms with Gasteiger partial charge in [-0.3, -0.25) is 9.59 Å². The van der Waals surface area contributed by atoms with Crippen molar-refractivity contribution in [1.29, 1.82) is 0 Å². The zero-order chi connectivity index (χ0) is 19.1. The van der Waals surface area contributed by atoms with Gasteiger partial charge >= 0.3 is 5.97 Å². The van der Waals surface area contributed by atoms with Crippen LogP contribution < -0.4 is 5.32 Å². The fourth-order valence-electron chi connectivity index (χ4n) is 3.35. The first-order chi connectivity index (χ1) is 12.3. The van der Waals surface area contributed by atoms with Gasteiger partial charge in [0.05, 0.1) is 0 Å². The first-order valence-electron chi connectivity index (χ1n) is 7.93. The molecule has 0 aliphatic carbocycles. The molecule has 4 atom stereocenters. The average molecular weight is 375 g/mol. The monoisotopic (exact) mass is 375 g/mol. The van der Waals surface area contributed by atoms with Crippen LogP contribution in [-0.4, -0.2) is 56.1 Å². The summed E-state index contributed by atoms with van der Waals surface area (Å²) in [7, 11) is 0. The highest BCUT2D eigenvalue weighted by Crippen LogP contribution is 2.50. The minimum atomic E-state index is -1.11. The van der Waals surface area contributed by atoms with E-state index in [0.717, 1.165) is 0 Å². The third-order valence-corrected chi connectivity index (χ3v) is 6.09. The van der Waals surface area contributed by atoms with E-state index >= 15 is 0 Å². The molecule has 0 aromatic heterocycles. The Morgan fingerprint density at radius 3 is 2.58 bits per heavy atom. The topological polar surface area (TPSA) is 116 Å². The Kier molecular flexibility index (Phi) is 4.60. The number of carboxylic acids is 1. The smallest absolute Gasteiger partial charge is 0.327 e. The number of hydrogen-bond donors (Lipinski definition) is 2. The Morgan fingerprint density at radius 2 is 2.00 bits per heavy atom. The second kappa shape index (κ2) is 6.59. The number of carbonyl (C=O) groups excluding carboxylic acids is 3. The zero-order valence-corrected chi connectivity index (χ0v) is 14.9. The van der Waals surface area contributed by atoms with Gasteiger partial charge < -0.3 is 15.3 Å². The number of nitrogens with zero attached hydrogens (tertiary/aromatic N) is 2. The van der Waals surface area contributed by atoms with Crippen molar-refractivity contribution < 1.29 is 24.3 Å². The Morgan fingerprint density at radius 1 is 1.35 bits per heavy atom. The highest BCUT2D eigenvalue weighted by Gasteiger charge is 2.64. The Balaban J connectivity index is 1.78. The molecule has 0 spiro atoms. The molecular formula is C17H17N3O5S. The van der Waals surface area contributed by atoms with Gasteiger partial charge in [0, 0.05) is 4.75 Å². The fourth-order valence-corrected chi connectivity index (χ4v) is 4.98. The largest absolute Gasteiger partial charge is 0.480 e. The molecule has 2 saturated heterocycles. The lowest BCUT2D eigenvalue weighted by atomic mass is 9.95. The van der Waals surface area contributed by atoms with Crippen LogP contribution in [0.3, 0.4) is 0 Å². The van der Waals surface area contributed by atoms with Gasteiger partial charge in [-0.1, -0.05) is 30.3 Å². The van der Waals surface area contributed by atoms with E-state index in [4.69, 9.17) is 0 Å². The maximum absolute atomic E-state index is 12.6. The molecule has 2 aliphatic rings. The lowest BCUT2D eigenvalue weighted by molar-refractivity contribution is -0.161.